The second-order valence-corrected chi connectivity index (χ2v) is 8.53. The minimum Gasteiger partial charge on any atom is -0.379 e. The van der Waals surface area contributed by atoms with E-state index in [1.165, 1.54) is 11.3 Å². The van der Waals surface area contributed by atoms with Gasteiger partial charge in [-0.1, -0.05) is 18.3 Å². The summed E-state index contributed by atoms with van der Waals surface area (Å²) in [5.74, 6) is -0.263. The van der Waals surface area contributed by atoms with Gasteiger partial charge in [0.1, 0.15) is 5.01 Å². The molecule has 1 aromatic rings. The van der Waals surface area contributed by atoms with Crippen molar-refractivity contribution in [3.8, 4) is 0 Å². The largest absolute Gasteiger partial charge is 0.379 e. The SMILES string of the molecule is CCCc1nnc(NC(=O)CCC(=O)NCC2(CN3CCOCC3)CC2)s1. The third-order valence-electron chi connectivity index (χ3n) is 5.04. The van der Waals surface area contributed by atoms with Crippen LogP contribution in [0.4, 0.5) is 5.13 Å². The Kier molecular flexibility index (Phi) is 7.14. The summed E-state index contributed by atoms with van der Waals surface area (Å²) in [4.78, 5) is 26.5. The minimum atomic E-state index is -0.196. The highest BCUT2D eigenvalue weighted by Crippen LogP contribution is 2.45. The molecule has 3 rings (SSSR count). The standard InChI is InChI=1S/C18H29N5O3S/c1-2-3-16-21-22-17(27-16)20-15(25)5-4-14(24)19-12-18(6-7-18)13-23-8-10-26-11-9-23/h2-13H2,1H3,(H,19,24)(H,20,22,25). The molecule has 0 radical (unpaired) electrons. The monoisotopic (exact) mass is 395 g/mol. The first-order valence-electron chi connectivity index (χ1n) is 9.78. The van der Waals surface area contributed by atoms with Gasteiger partial charge in [-0.25, -0.2) is 0 Å². The zero-order chi connectivity index (χ0) is 19.1. The van der Waals surface area contributed by atoms with Crippen molar-refractivity contribution in [3.63, 3.8) is 0 Å². The van der Waals surface area contributed by atoms with E-state index >= 15 is 0 Å². The number of aryl methyl sites for hydroxylation is 1. The predicted molar refractivity (Wildman–Crippen MR) is 104 cm³/mol. The van der Waals surface area contributed by atoms with Crippen LogP contribution in [0.15, 0.2) is 0 Å². The molecular formula is C18H29N5O3S. The average Bonchev–Trinajstić information content (AvgIpc) is 3.29. The van der Waals surface area contributed by atoms with Gasteiger partial charge in [-0.05, 0) is 19.3 Å². The summed E-state index contributed by atoms with van der Waals surface area (Å²) in [5.41, 5.74) is 0.220. The number of anilines is 1. The number of nitrogens with one attached hydrogen (secondary N) is 2. The molecule has 1 saturated heterocycles. The van der Waals surface area contributed by atoms with E-state index in [0.717, 1.165) is 63.5 Å². The van der Waals surface area contributed by atoms with Crippen molar-refractivity contribution < 1.29 is 14.3 Å². The van der Waals surface area contributed by atoms with Crippen LogP contribution in [0, 0.1) is 5.41 Å². The normalized spacial score (nSPS) is 18.9. The van der Waals surface area contributed by atoms with Crippen LogP contribution >= 0.6 is 11.3 Å². The van der Waals surface area contributed by atoms with Gasteiger partial charge in [-0.3, -0.25) is 14.5 Å². The molecular weight excluding hydrogens is 366 g/mol. The van der Waals surface area contributed by atoms with Gasteiger partial charge in [0.05, 0.1) is 13.2 Å². The highest BCUT2D eigenvalue weighted by molar-refractivity contribution is 7.15. The summed E-state index contributed by atoms with van der Waals surface area (Å²) in [5, 5.41) is 15.1. The van der Waals surface area contributed by atoms with Crippen LogP contribution in [0.1, 0.15) is 44.0 Å². The van der Waals surface area contributed by atoms with Crippen molar-refractivity contribution in [3.05, 3.63) is 5.01 Å². The zero-order valence-corrected chi connectivity index (χ0v) is 16.8. The van der Waals surface area contributed by atoms with Crippen molar-refractivity contribution in [2.75, 3.05) is 44.7 Å². The fraction of sp³-hybridized carbons (Fsp3) is 0.778. The molecule has 8 nitrogen and oxygen atoms in total. The number of carbonyl (C=O) groups is 2. The number of aromatic nitrogens is 2. The molecule has 2 amide bonds. The first kappa shape index (κ1) is 20.2. The average molecular weight is 396 g/mol. The lowest BCUT2D eigenvalue weighted by atomic mass is 10.1. The lowest BCUT2D eigenvalue weighted by Gasteiger charge is -2.30. The van der Waals surface area contributed by atoms with Gasteiger partial charge in [0.2, 0.25) is 16.9 Å². The van der Waals surface area contributed by atoms with Gasteiger partial charge in [0, 0.05) is 50.9 Å². The van der Waals surface area contributed by atoms with Crippen LogP contribution in [0.25, 0.3) is 0 Å². The van der Waals surface area contributed by atoms with Gasteiger partial charge in [-0.2, -0.15) is 0 Å². The summed E-state index contributed by atoms with van der Waals surface area (Å²) >= 11 is 1.39. The van der Waals surface area contributed by atoms with E-state index in [0.29, 0.717) is 11.7 Å². The second kappa shape index (κ2) is 9.57. The van der Waals surface area contributed by atoms with E-state index < -0.39 is 0 Å². The quantitative estimate of drug-likeness (QED) is 0.622. The number of hydrogen-bond acceptors (Lipinski definition) is 7. The van der Waals surface area contributed by atoms with Crippen molar-refractivity contribution in [2.45, 2.75) is 45.4 Å². The number of rotatable bonds is 10. The van der Waals surface area contributed by atoms with Crippen molar-refractivity contribution in [2.24, 2.45) is 5.41 Å². The molecule has 0 atom stereocenters. The Morgan fingerprint density at radius 3 is 2.63 bits per heavy atom. The van der Waals surface area contributed by atoms with Crippen molar-refractivity contribution in [1.82, 2.24) is 20.4 Å². The number of nitrogens with zero attached hydrogens (tertiary/aromatic N) is 3. The predicted octanol–water partition coefficient (Wildman–Crippen LogP) is 1.44. The fourth-order valence-electron chi connectivity index (χ4n) is 3.20. The van der Waals surface area contributed by atoms with Crippen LogP contribution in [-0.2, 0) is 20.7 Å². The molecule has 2 heterocycles. The molecule has 1 saturated carbocycles. The Balaban J connectivity index is 1.32. The van der Waals surface area contributed by atoms with Crippen molar-refractivity contribution in [1.29, 1.82) is 0 Å². The summed E-state index contributed by atoms with van der Waals surface area (Å²) in [7, 11) is 0. The Morgan fingerprint density at radius 1 is 1.19 bits per heavy atom. The molecule has 2 N–H and O–H groups in total. The molecule has 0 spiro atoms. The van der Waals surface area contributed by atoms with Crippen LogP contribution in [0.5, 0.6) is 0 Å². The first-order valence-corrected chi connectivity index (χ1v) is 10.6. The Labute approximate surface area is 164 Å². The Bertz CT molecular complexity index is 641. The summed E-state index contributed by atoms with van der Waals surface area (Å²) in [6, 6.07) is 0. The number of carbonyl (C=O) groups excluding carboxylic acids is 2. The molecule has 2 fully saturated rings. The highest BCUT2D eigenvalue weighted by atomic mass is 32.1. The smallest absolute Gasteiger partial charge is 0.226 e. The van der Waals surface area contributed by atoms with E-state index in [2.05, 4.69) is 32.7 Å². The topological polar surface area (TPSA) is 96.5 Å². The Hall–Kier alpha value is -1.58. The maximum atomic E-state index is 12.1. The minimum absolute atomic E-state index is 0.0673. The highest BCUT2D eigenvalue weighted by Gasteiger charge is 2.44. The molecule has 1 aliphatic heterocycles. The Morgan fingerprint density at radius 2 is 1.93 bits per heavy atom. The maximum absolute atomic E-state index is 12.1. The summed E-state index contributed by atoms with van der Waals surface area (Å²) in [6.45, 7) is 7.34. The van der Waals surface area contributed by atoms with Gasteiger partial charge in [0.15, 0.2) is 0 Å². The molecule has 150 valence electrons. The number of hydrogen-bond donors (Lipinski definition) is 2. The molecule has 0 aromatic carbocycles. The fourth-order valence-corrected chi connectivity index (χ4v) is 4.06. The van der Waals surface area contributed by atoms with Crippen LogP contribution < -0.4 is 10.6 Å². The second-order valence-electron chi connectivity index (χ2n) is 7.46. The molecule has 0 unspecified atom stereocenters. The van der Waals surface area contributed by atoms with E-state index in [1.54, 1.807) is 0 Å². The van der Waals surface area contributed by atoms with Crippen LogP contribution in [0.3, 0.4) is 0 Å². The van der Waals surface area contributed by atoms with E-state index in [1.807, 2.05) is 0 Å². The zero-order valence-electron chi connectivity index (χ0n) is 16.0. The van der Waals surface area contributed by atoms with Crippen molar-refractivity contribution >= 4 is 28.3 Å². The van der Waals surface area contributed by atoms with E-state index in [9.17, 15) is 9.59 Å². The maximum Gasteiger partial charge on any atom is 0.226 e. The molecule has 2 aliphatic rings. The van der Waals surface area contributed by atoms with E-state index in [4.69, 9.17) is 4.74 Å². The summed E-state index contributed by atoms with van der Waals surface area (Å²) in [6.07, 6.45) is 4.52. The van der Waals surface area contributed by atoms with Gasteiger partial charge in [0.25, 0.3) is 0 Å². The van der Waals surface area contributed by atoms with Gasteiger partial charge < -0.3 is 15.4 Å². The molecule has 9 heteroatoms. The third-order valence-corrected chi connectivity index (χ3v) is 5.94. The molecule has 0 bridgehead atoms. The molecule has 1 aromatic heterocycles. The van der Waals surface area contributed by atoms with Gasteiger partial charge >= 0.3 is 0 Å². The van der Waals surface area contributed by atoms with Gasteiger partial charge in [-0.15, -0.1) is 10.2 Å². The van der Waals surface area contributed by atoms with Crippen LogP contribution in [-0.4, -0.2) is 66.3 Å². The number of ether oxygens (including phenoxy) is 1. The molecule has 1 aliphatic carbocycles. The lowest BCUT2D eigenvalue weighted by molar-refractivity contribution is -0.124. The number of morpholine rings is 1. The third kappa shape index (κ3) is 6.51. The van der Waals surface area contributed by atoms with E-state index in [-0.39, 0.29) is 30.1 Å². The number of amides is 2. The first-order chi connectivity index (χ1) is 13.1. The summed E-state index contributed by atoms with van der Waals surface area (Å²) < 4.78 is 5.39. The lowest BCUT2D eigenvalue weighted by Crippen LogP contribution is -2.43. The van der Waals surface area contributed by atoms with Crippen LogP contribution in [0.2, 0.25) is 0 Å². The molecule has 27 heavy (non-hydrogen) atoms.